The fourth-order valence-corrected chi connectivity index (χ4v) is 1.02. The molecule has 4 N–H and O–H groups in total. The van der Waals surface area contributed by atoms with Crippen molar-refractivity contribution in [2.45, 2.75) is 6.42 Å². The van der Waals surface area contributed by atoms with Crippen LogP contribution in [-0.4, -0.2) is 26.4 Å². The molecule has 1 rings (SSSR count). The summed E-state index contributed by atoms with van der Waals surface area (Å²) in [6.45, 7) is 0. The Hall–Kier alpha value is -2.17. The Morgan fingerprint density at radius 2 is 1.73 bits per heavy atom. The number of aliphatic carboxylic acids is 1. The summed E-state index contributed by atoms with van der Waals surface area (Å²) in [6.07, 6.45) is 2.64. The number of aromatic hydroxyl groups is 3. The third-order valence-electron chi connectivity index (χ3n) is 1.69. The molecule has 0 heterocycles. The standard InChI is InChI=1S/C10H10O5/c11-7-4-6(2-1-3-9(13)14)5-8(12)10(7)15/h1-2,4-5,11-12,15H,3H2,(H,13,14). The lowest BCUT2D eigenvalue weighted by Crippen LogP contribution is -1.89. The van der Waals surface area contributed by atoms with Crippen molar-refractivity contribution in [2.24, 2.45) is 0 Å². The van der Waals surface area contributed by atoms with Crippen molar-refractivity contribution < 1.29 is 25.2 Å². The molecule has 0 aliphatic heterocycles. The third kappa shape index (κ3) is 2.91. The molecule has 0 fully saturated rings. The van der Waals surface area contributed by atoms with Crippen molar-refractivity contribution in [2.75, 3.05) is 0 Å². The number of rotatable bonds is 3. The van der Waals surface area contributed by atoms with Gasteiger partial charge in [0.2, 0.25) is 0 Å². The molecule has 0 amide bonds. The van der Waals surface area contributed by atoms with Crippen molar-refractivity contribution in [3.05, 3.63) is 23.8 Å². The van der Waals surface area contributed by atoms with Gasteiger partial charge in [-0.25, -0.2) is 0 Å². The van der Waals surface area contributed by atoms with Gasteiger partial charge in [-0.1, -0.05) is 12.2 Å². The van der Waals surface area contributed by atoms with E-state index < -0.39 is 23.2 Å². The maximum absolute atomic E-state index is 10.2. The summed E-state index contributed by atoms with van der Waals surface area (Å²) in [5, 5.41) is 35.6. The summed E-state index contributed by atoms with van der Waals surface area (Å²) in [5.74, 6) is -2.47. The van der Waals surface area contributed by atoms with Crippen LogP contribution in [0.5, 0.6) is 17.2 Å². The van der Waals surface area contributed by atoms with Crippen LogP contribution in [0.15, 0.2) is 18.2 Å². The fourth-order valence-electron chi connectivity index (χ4n) is 1.02. The van der Waals surface area contributed by atoms with Crippen molar-refractivity contribution in [1.82, 2.24) is 0 Å². The molecule has 0 aliphatic carbocycles. The van der Waals surface area contributed by atoms with E-state index >= 15 is 0 Å². The van der Waals surface area contributed by atoms with E-state index in [4.69, 9.17) is 20.4 Å². The van der Waals surface area contributed by atoms with Gasteiger partial charge in [0.25, 0.3) is 0 Å². The van der Waals surface area contributed by atoms with E-state index in [2.05, 4.69) is 0 Å². The van der Waals surface area contributed by atoms with Crippen molar-refractivity contribution >= 4 is 12.0 Å². The number of carbonyl (C=O) groups is 1. The molecule has 0 aliphatic rings. The van der Waals surface area contributed by atoms with Gasteiger partial charge in [0.1, 0.15) is 0 Å². The average Bonchev–Trinajstić information content (AvgIpc) is 2.13. The van der Waals surface area contributed by atoms with Crippen LogP contribution in [0, 0.1) is 0 Å². The van der Waals surface area contributed by atoms with E-state index in [0.29, 0.717) is 5.56 Å². The summed E-state index contributed by atoms with van der Waals surface area (Å²) in [5.41, 5.74) is 0.407. The number of hydrogen-bond acceptors (Lipinski definition) is 4. The molecule has 0 spiro atoms. The molecule has 0 radical (unpaired) electrons. The monoisotopic (exact) mass is 210 g/mol. The number of carboxylic acids is 1. The second-order valence-corrected chi connectivity index (χ2v) is 2.91. The molecular formula is C10H10O5. The van der Waals surface area contributed by atoms with Crippen molar-refractivity contribution in [3.8, 4) is 17.2 Å². The van der Waals surface area contributed by atoms with E-state index in [-0.39, 0.29) is 6.42 Å². The number of carboxylic acid groups (broad SMARTS) is 1. The third-order valence-corrected chi connectivity index (χ3v) is 1.69. The number of hydrogen-bond donors (Lipinski definition) is 4. The second-order valence-electron chi connectivity index (χ2n) is 2.91. The average molecular weight is 210 g/mol. The van der Waals surface area contributed by atoms with Crippen LogP contribution in [0.2, 0.25) is 0 Å². The van der Waals surface area contributed by atoms with E-state index in [1.54, 1.807) is 0 Å². The lowest BCUT2D eigenvalue weighted by Gasteiger charge is -2.01. The number of phenolic OH excluding ortho intramolecular Hbond substituents is 3. The minimum Gasteiger partial charge on any atom is -0.504 e. The maximum atomic E-state index is 10.2. The Balaban J connectivity index is 2.87. The smallest absolute Gasteiger partial charge is 0.307 e. The summed E-state index contributed by atoms with van der Waals surface area (Å²) in [7, 11) is 0. The Morgan fingerprint density at radius 1 is 1.20 bits per heavy atom. The molecule has 5 heteroatoms. The van der Waals surface area contributed by atoms with Gasteiger partial charge in [-0.05, 0) is 17.7 Å². The second kappa shape index (κ2) is 4.36. The van der Waals surface area contributed by atoms with Gasteiger partial charge in [0.15, 0.2) is 17.2 Å². The summed E-state index contributed by atoms with van der Waals surface area (Å²) in [6, 6.07) is 2.43. The van der Waals surface area contributed by atoms with Crippen LogP contribution in [-0.2, 0) is 4.79 Å². The Kier molecular flexibility index (Phi) is 3.17. The Morgan fingerprint density at radius 3 is 2.20 bits per heavy atom. The highest BCUT2D eigenvalue weighted by Crippen LogP contribution is 2.35. The molecule has 5 nitrogen and oxygen atoms in total. The van der Waals surface area contributed by atoms with Gasteiger partial charge in [0.05, 0.1) is 6.42 Å². The van der Waals surface area contributed by atoms with Crippen molar-refractivity contribution in [1.29, 1.82) is 0 Å². The molecule has 0 saturated carbocycles. The Labute approximate surface area is 85.5 Å². The lowest BCUT2D eigenvalue weighted by atomic mass is 10.1. The van der Waals surface area contributed by atoms with E-state index in [0.717, 1.165) is 0 Å². The molecule has 1 aromatic carbocycles. The normalized spacial score (nSPS) is 10.7. The van der Waals surface area contributed by atoms with E-state index in [1.165, 1.54) is 24.3 Å². The summed E-state index contributed by atoms with van der Waals surface area (Å²) >= 11 is 0. The zero-order valence-corrected chi connectivity index (χ0v) is 7.71. The highest BCUT2D eigenvalue weighted by Gasteiger charge is 2.06. The lowest BCUT2D eigenvalue weighted by molar-refractivity contribution is -0.135. The predicted octanol–water partition coefficient (Wildman–Crippen LogP) is 1.29. The van der Waals surface area contributed by atoms with Crippen LogP contribution in [0.25, 0.3) is 6.08 Å². The van der Waals surface area contributed by atoms with E-state index in [1.807, 2.05) is 0 Å². The zero-order chi connectivity index (χ0) is 11.4. The molecule has 0 saturated heterocycles. The largest absolute Gasteiger partial charge is 0.504 e. The first-order chi connectivity index (χ1) is 7.00. The van der Waals surface area contributed by atoms with Crippen LogP contribution < -0.4 is 0 Å². The molecule has 0 atom stereocenters. The molecule has 15 heavy (non-hydrogen) atoms. The molecular weight excluding hydrogens is 200 g/mol. The molecule has 80 valence electrons. The van der Waals surface area contributed by atoms with E-state index in [9.17, 15) is 4.79 Å². The van der Waals surface area contributed by atoms with Crippen LogP contribution in [0.4, 0.5) is 0 Å². The molecule has 0 aromatic heterocycles. The van der Waals surface area contributed by atoms with Gasteiger partial charge >= 0.3 is 5.97 Å². The van der Waals surface area contributed by atoms with Crippen LogP contribution in [0.1, 0.15) is 12.0 Å². The SMILES string of the molecule is O=C(O)CC=Cc1cc(O)c(O)c(O)c1. The number of phenols is 3. The minimum absolute atomic E-state index is 0.150. The highest BCUT2D eigenvalue weighted by molar-refractivity contribution is 5.71. The van der Waals surface area contributed by atoms with Crippen LogP contribution in [0.3, 0.4) is 0 Å². The first-order valence-corrected chi connectivity index (χ1v) is 4.14. The Bertz CT molecular complexity index is 385. The first kappa shape index (κ1) is 10.9. The molecule has 0 bridgehead atoms. The summed E-state index contributed by atoms with van der Waals surface area (Å²) in [4.78, 5) is 10.2. The van der Waals surface area contributed by atoms with Crippen LogP contribution >= 0.6 is 0 Å². The number of benzene rings is 1. The van der Waals surface area contributed by atoms with Gasteiger partial charge in [-0.15, -0.1) is 0 Å². The maximum Gasteiger partial charge on any atom is 0.307 e. The van der Waals surface area contributed by atoms with Gasteiger partial charge < -0.3 is 20.4 Å². The quantitative estimate of drug-likeness (QED) is 0.563. The molecule has 0 unspecified atom stereocenters. The highest BCUT2D eigenvalue weighted by atomic mass is 16.4. The summed E-state index contributed by atoms with van der Waals surface area (Å²) < 4.78 is 0. The van der Waals surface area contributed by atoms with Crippen molar-refractivity contribution in [3.63, 3.8) is 0 Å². The first-order valence-electron chi connectivity index (χ1n) is 4.14. The topological polar surface area (TPSA) is 98.0 Å². The predicted molar refractivity (Wildman–Crippen MR) is 52.7 cm³/mol. The zero-order valence-electron chi connectivity index (χ0n) is 7.71. The van der Waals surface area contributed by atoms with Gasteiger partial charge in [-0.2, -0.15) is 0 Å². The van der Waals surface area contributed by atoms with Gasteiger partial charge in [0, 0.05) is 0 Å². The minimum atomic E-state index is -0.974. The molecule has 1 aromatic rings. The fraction of sp³-hybridized carbons (Fsp3) is 0.100. The van der Waals surface area contributed by atoms with Gasteiger partial charge in [-0.3, -0.25) is 4.79 Å².